The van der Waals surface area contributed by atoms with Crippen molar-refractivity contribution in [1.29, 1.82) is 0 Å². The van der Waals surface area contributed by atoms with E-state index < -0.39 is 18.0 Å². The number of benzene rings is 3. The van der Waals surface area contributed by atoms with E-state index in [2.05, 4.69) is 5.32 Å². The first-order valence-corrected chi connectivity index (χ1v) is 9.37. The average molecular weight is 405 g/mol. The van der Waals surface area contributed by atoms with Crippen molar-refractivity contribution in [2.24, 2.45) is 0 Å². The summed E-state index contributed by atoms with van der Waals surface area (Å²) in [6.45, 7) is 1.96. The summed E-state index contributed by atoms with van der Waals surface area (Å²) >= 11 is 0. The number of nitrogens with one attached hydrogen (secondary N) is 1. The molecule has 6 nitrogen and oxygen atoms in total. The summed E-state index contributed by atoms with van der Waals surface area (Å²) in [4.78, 5) is 25.9. The number of anilines is 1. The molecule has 1 N–H and O–H groups in total. The number of hydrogen-bond acceptors (Lipinski definition) is 5. The number of ether oxygens (including phenoxy) is 3. The Morgan fingerprint density at radius 2 is 1.57 bits per heavy atom. The Labute approximate surface area is 175 Å². The first-order valence-electron chi connectivity index (χ1n) is 9.37. The number of hydrogen-bond donors (Lipinski definition) is 1. The van der Waals surface area contributed by atoms with Crippen LogP contribution in [0.15, 0.2) is 72.8 Å². The summed E-state index contributed by atoms with van der Waals surface area (Å²) in [5.74, 6) is -0.293. The lowest BCUT2D eigenvalue weighted by Crippen LogP contribution is -2.26. The molecule has 3 rings (SSSR count). The summed E-state index contributed by atoms with van der Waals surface area (Å²) in [7, 11) is 2.97. The molecule has 0 unspecified atom stereocenters. The van der Waals surface area contributed by atoms with Gasteiger partial charge in [0.25, 0.3) is 5.91 Å². The van der Waals surface area contributed by atoms with E-state index in [1.165, 1.54) is 14.2 Å². The molecule has 0 aromatic heterocycles. The fraction of sp³-hybridized carbons (Fsp3) is 0.167. The highest BCUT2D eigenvalue weighted by molar-refractivity contribution is 5.99. The molecule has 154 valence electrons. The third-order valence-corrected chi connectivity index (χ3v) is 4.51. The van der Waals surface area contributed by atoms with E-state index in [-0.39, 0.29) is 5.56 Å². The van der Waals surface area contributed by atoms with Crippen molar-refractivity contribution in [1.82, 2.24) is 0 Å². The minimum Gasteiger partial charge on any atom is -0.497 e. The van der Waals surface area contributed by atoms with Crippen molar-refractivity contribution in [3.05, 3.63) is 89.5 Å². The molecule has 0 saturated carbocycles. The molecule has 0 saturated heterocycles. The van der Waals surface area contributed by atoms with Gasteiger partial charge in [0.05, 0.1) is 14.2 Å². The van der Waals surface area contributed by atoms with E-state index in [9.17, 15) is 9.59 Å². The van der Waals surface area contributed by atoms with Crippen molar-refractivity contribution in [2.75, 3.05) is 19.5 Å². The van der Waals surface area contributed by atoms with Gasteiger partial charge in [0.1, 0.15) is 17.1 Å². The van der Waals surface area contributed by atoms with Gasteiger partial charge in [-0.3, -0.25) is 4.79 Å². The number of rotatable bonds is 7. The standard InChI is InChI=1S/C24H23NO5/c1-16-9-11-18(12-10-16)25-23(26)22(17-7-5-4-6-8-17)30-24(27)20-14-13-19(28-2)15-21(20)29-3/h4-15,22H,1-3H3,(H,25,26)/t22-/m0/s1. The number of methoxy groups -OCH3 is 2. The Hall–Kier alpha value is -3.80. The monoisotopic (exact) mass is 405 g/mol. The van der Waals surface area contributed by atoms with Gasteiger partial charge < -0.3 is 19.5 Å². The molecule has 0 aliphatic rings. The predicted molar refractivity (Wildman–Crippen MR) is 114 cm³/mol. The summed E-state index contributed by atoms with van der Waals surface area (Å²) in [5.41, 5.74) is 2.44. The van der Waals surface area contributed by atoms with Gasteiger partial charge in [-0.1, -0.05) is 48.0 Å². The Bertz CT molecular complexity index is 1020. The van der Waals surface area contributed by atoms with Crippen molar-refractivity contribution >= 4 is 17.6 Å². The van der Waals surface area contributed by atoms with Gasteiger partial charge >= 0.3 is 5.97 Å². The Kier molecular flexibility index (Phi) is 6.70. The van der Waals surface area contributed by atoms with E-state index >= 15 is 0 Å². The Morgan fingerprint density at radius 1 is 0.867 bits per heavy atom. The van der Waals surface area contributed by atoms with Crippen LogP contribution in [0.5, 0.6) is 11.5 Å². The maximum Gasteiger partial charge on any atom is 0.343 e. The summed E-state index contributed by atoms with van der Waals surface area (Å²) in [6.07, 6.45) is -1.13. The largest absolute Gasteiger partial charge is 0.497 e. The molecule has 0 radical (unpaired) electrons. The fourth-order valence-electron chi connectivity index (χ4n) is 2.88. The number of esters is 1. The zero-order valence-corrected chi connectivity index (χ0v) is 17.0. The van der Waals surface area contributed by atoms with Crippen LogP contribution >= 0.6 is 0 Å². The van der Waals surface area contributed by atoms with Crippen molar-refractivity contribution in [2.45, 2.75) is 13.0 Å². The van der Waals surface area contributed by atoms with E-state index in [4.69, 9.17) is 14.2 Å². The van der Waals surface area contributed by atoms with E-state index in [1.807, 2.05) is 25.1 Å². The van der Waals surface area contributed by atoms with E-state index in [0.29, 0.717) is 22.7 Å². The molecule has 0 heterocycles. The van der Waals surface area contributed by atoms with Crippen LogP contribution in [0.3, 0.4) is 0 Å². The number of aryl methyl sites for hydroxylation is 1. The first kappa shape index (κ1) is 20.9. The van der Waals surface area contributed by atoms with Crippen LogP contribution in [-0.4, -0.2) is 26.1 Å². The van der Waals surface area contributed by atoms with E-state index in [0.717, 1.165) is 5.56 Å². The van der Waals surface area contributed by atoms with Gasteiger partial charge in [0.2, 0.25) is 6.10 Å². The minimum atomic E-state index is -1.13. The number of amides is 1. The van der Waals surface area contributed by atoms with Gasteiger partial charge in [0.15, 0.2) is 0 Å². The summed E-state index contributed by atoms with van der Waals surface area (Å²) in [6, 6.07) is 21.0. The van der Waals surface area contributed by atoms with Crippen LogP contribution in [0.4, 0.5) is 5.69 Å². The third kappa shape index (κ3) is 4.97. The number of carbonyl (C=O) groups excluding carboxylic acids is 2. The molecule has 0 fully saturated rings. The fourth-order valence-corrected chi connectivity index (χ4v) is 2.88. The molecular formula is C24H23NO5. The molecule has 1 amide bonds. The lowest BCUT2D eigenvalue weighted by atomic mass is 10.1. The van der Waals surface area contributed by atoms with Crippen LogP contribution in [0.1, 0.15) is 27.6 Å². The maximum absolute atomic E-state index is 13.0. The molecule has 6 heteroatoms. The van der Waals surface area contributed by atoms with Gasteiger partial charge in [-0.2, -0.15) is 0 Å². The quantitative estimate of drug-likeness (QED) is 0.584. The zero-order chi connectivity index (χ0) is 21.5. The molecule has 0 aliphatic carbocycles. The molecular weight excluding hydrogens is 382 g/mol. The van der Waals surface area contributed by atoms with Gasteiger partial charge in [-0.25, -0.2) is 4.79 Å². The molecule has 0 spiro atoms. The lowest BCUT2D eigenvalue weighted by Gasteiger charge is -2.19. The molecule has 0 aliphatic heterocycles. The second-order valence-corrected chi connectivity index (χ2v) is 6.62. The van der Waals surface area contributed by atoms with Gasteiger partial charge in [-0.05, 0) is 31.2 Å². The van der Waals surface area contributed by atoms with Crippen LogP contribution < -0.4 is 14.8 Å². The summed E-state index contributed by atoms with van der Waals surface area (Å²) < 4.78 is 16.1. The van der Waals surface area contributed by atoms with Crippen LogP contribution in [0, 0.1) is 6.92 Å². The topological polar surface area (TPSA) is 73.9 Å². The zero-order valence-electron chi connectivity index (χ0n) is 17.0. The third-order valence-electron chi connectivity index (χ3n) is 4.51. The average Bonchev–Trinajstić information content (AvgIpc) is 2.78. The van der Waals surface area contributed by atoms with E-state index in [1.54, 1.807) is 54.6 Å². The highest BCUT2D eigenvalue weighted by Gasteiger charge is 2.27. The van der Waals surface area contributed by atoms with Crippen molar-refractivity contribution < 1.29 is 23.8 Å². The highest BCUT2D eigenvalue weighted by Crippen LogP contribution is 2.28. The highest BCUT2D eigenvalue weighted by atomic mass is 16.6. The molecule has 30 heavy (non-hydrogen) atoms. The lowest BCUT2D eigenvalue weighted by molar-refractivity contribution is -0.125. The smallest absolute Gasteiger partial charge is 0.343 e. The Balaban J connectivity index is 1.87. The molecule has 3 aromatic carbocycles. The predicted octanol–water partition coefficient (Wildman–Crippen LogP) is 4.55. The Morgan fingerprint density at radius 3 is 2.20 bits per heavy atom. The minimum absolute atomic E-state index is 0.197. The van der Waals surface area contributed by atoms with Crippen LogP contribution in [0.2, 0.25) is 0 Å². The van der Waals surface area contributed by atoms with Crippen LogP contribution in [-0.2, 0) is 9.53 Å². The second kappa shape index (κ2) is 9.60. The van der Waals surface area contributed by atoms with Crippen molar-refractivity contribution in [3.8, 4) is 11.5 Å². The van der Waals surface area contributed by atoms with Gasteiger partial charge in [-0.15, -0.1) is 0 Å². The number of carbonyl (C=O) groups is 2. The molecule has 0 bridgehead atoms. The normalized spacial score (nSPS) is 11.3. The van der Waals surface area contributed by atoms with Crippen molar-refractivity contribution in [3.63, 3.8) is 0 Å². The second-order valence-electron chi connectivity index (χ2n) is 6.62. The first-order chi connectivity index (χ1) is 14.5. The van der Waals surface area contributed by atoms with Crippen LogP contribution in [0.25, 0.3) is 0 Å². The molecule has 1 atom stereocenters. The van der Waals surface area contributed by atoms with Gasteiger partial charge in [0, 0.05) is 17.3 Å². The maximum atomic E-state index is 13.0. The summed E-state index contributed by atoms with van der Waals surface area (Å²) in [5, 5.41) is 2.80. The SMILES string of the molecule is COc1ccc(C(=O)O[C@H](C(=O)Nc2ccc(C)cc2)c2ccccc2)c(OC)c1. The molecule has 3 aromatic rings.